The first kappa shape index (κ1) is 18.3. The maximum absolute atomic E-state index is 11.9. The van der Waals surface area contributed by atoms with Gasteiger partial charge in [-0.25, -0.2) is 0 Å². The Kier molecular flexibility index (Phi) is 5.83. The molecule has 3 rings (SSSR count). The normalized spacial score (nSPS) is 19.1. The van der Waals surface area contributed by atoms with Gasteiger partial charge in [-0.3, -0.25) is 4.79 Å². The number of hydrogen-bond donors (Lipinski definition) is 3. The number of hydrogen-bond acceptors (Lipinski definition) is 4. The number of nitrogens with two attached hydrogens (primary N) is 2. The van der Waals surface area contributed by atoms with Crippen LogP contribution in [0, 0.1) is 0 Å². The molecule has 5 nitrogen and oxygen atoms in total. The smallest absolute Gasteiger partial charge is 0.252 e. The largest absolute Gasteiger partial charge is 0.488 e. The monoisotopic (exact) mass is 348 g/mol. The van der Waals surface area contributed by atoms with E-state index in [9.17, 15) is 9.90 Å². The van der Waals surface area contributed by atoms with E-state index in [1.807, 2.05) is 30.3 Å². The number of aliphatic hydroxyl groups is 1. The lowest BCUT2D eigenvalue weighted by atomic mass is 9.83. The van der Waals surface area contributed by atoms with Gasteiger partial charge in [0.1, 0.15) is 12.4 Å². The number of aliphatic hydroxyl groups excluding tert-OH is 1. The molecule has 5 N–H and O–H groups in total. The van der Waals surface area contributed by atoms with Crippen molar-refractivity contribution in [3.8, 4) is 5.75 Å². The zero-order valence-electron chi connectivity index (χ0n) is 13.1. The van der Waals surface area contributed by atoms with Crippen LogP contribution in [0.25, 0.3) is 0 Å². The minimum absolute atomic E-state index is 0. The van der Waals surface area contributed by atoms with Crippen molar-refractivity contribution in [1.29, 1.82) is 0 Å². The summed E-state index contributed by atoms with van der Waals surface area (Å²) in [5, 5.41) is 10.2. The molecule has 0 fully saturated rings. The Morgan fingerprint density at radius 3 is 2.58 bits per heavy atom. The minimum Gasteiger partial charge on any atom is -0.488 e. The second-order valence-electron chi connectivity index (χ2n) is 5.79. The van der Waals surface area contributed by atoms with Crippen LogP contribution in [0.5, 0.6) is 5.75 Å². The standard InChI is InChI=1S/C18H20N2O3.ClH/c19-14-8-6-12-13(17(14)21)7-9-15(16(12)18(20)22)23-10-11-4-2-1-3-5-11;/h1-5,7,9,14,17,21H,6,8,10,19H2,(H2,20,22);1H/t14-,17-;/m1./s1. The highest BCUT2D eigenvalue weighted by Crippen LogP contribution is 2.35. The van der Waals surface area contributed by atoms with Gasteiger partial charge in [-0.2, -0.15) is 0 Å². The molecule has 0 radical (unpaired) electrons. The Morgan fingerprint density at radius 2 is 1.92 bits per heavy atom. The molecule has 0 saturated heterocycles. The molecule has 2 aromatic carbocycles. The summed E-state index contributed by atoms with van der Waals surface area (Å²) in [6, 6.07) is 12.8. The van der Waals surface area contributed by atoms with E-state index in [-0.39, 0.29) is 18.4 Å². The van der Waals surface area contributed by atoms with Crippen LogP contribution in [0.4, 0.5) is 0 Å². The van der Waals surface area contributed by atoms with Crippen molar-refractivity contribution in [3.05, 3.63) is 64.7 Å². The van der Waals surface area contributed by atoms with Gasteiger partial charge < -0.3 is 21.3 Å². The van der Waals surface area contributed by atoms with Gasteiger partial charge in [0.25, 0.3) is 5.91 Å². The first-order valence-corrected chi connectivity index (χ1v) is 7.64. The van der Waals surface area contributed by atoms with Crippen molar-refractivity contribution in [2.75, 3.05) is 0 Å². The van der Waals surface area contributed by atoms with Crippen molar-refractivity contribution in [1.82, 2.24) is 0 Å². The Labute approximate surface area is 147 Å². The Balaban J connectivity index is 0.00000208. The van der Waals surface area contributed by atoms with E-state index >= 15 is 0 Å². The van der Waals surface area contributed by atoms with Crippen molar-refractivity contribution >= 4 is 18.3 Å². The minimum atomic E-state index is -0.778. The van der Waals surface area contributed by atoms with Gasteiger partial charge in [0.2, 0.25) is 0 Å². The number of primary amides is 1. The van der Waals surface area contributed by atoms with Crippen molar-refractivity contribution in [3.63, 3.8) is 0 Å². The number of halogens is 1. The molecule has 0 heterocycles. The van der Waals surface area contributed by atoms with Crippen LogP contribution in [-0.2, 0) is 13.0 Å². The lowest BCUT2D eigenvalue weighted by molar-refractivity contribution is 0.0991. The number of carbonyl (C=O) groups excluding carboxylic acids is 1. The third kappa shape index (κ3) is 3.53. The predicted octanol–water partition coefficient (Wildman–Crippen LogP) is 2.09. The first-order valence-electron chi connectivity index (χ1n) is 7.64. The molecule has 0 saturated carbocycles. The SMILES string of the molecule is Cl.NC(=O)c1c(OCc2ccccc2)ccc2c1CC[C@@H](N)[C@@H]2O. The number of carbonyl (C=O) groups is 1. The van der Waals surface area contributed by atoms with E-state index in [1.165, 1.54) is 0 Å². The highest BCUT2D eigenvalue weighted by molar-refractivity contribution is 5.97. The number of benzene rings is 2. The second-order valence-corrected chi connectivity index (χ2v) is 5.79. The average Bonchev–Trinajstić information content (AvgIpc) is 2.56. The number of fused-ring (bicyclic) bond motifs is 1. The zero-order valence-corrected chi connectivity index (χ0v) is 14.0. The highest BCUT2D eigenvalue weighted by atomic mass is 35.5. The van der Waals surface area contributed by atoms with Crippen molar-refractivity contribution in [2.24, 2.45) is 11.5 Å². The van der Waals surface area contributed by atoms with Crippen LogP contribution in [0.2, 0.25) is 0 Å². The van der Waals surface area contributed by atoms with Gasteiger partial charge in [0, 0.05) is 6.04 Å². The van der Waals surface area contributed by atoms with Crippen molar-refractivity contribution in [2.45, 2.75) is 31.6 Å². The predicted molar refractivity (Wildman–Crippen MR) is 94.2 cm³/mol. The maximum Gasteiger partial charge on any atom is 0.252 e. The average molecular weight is 349 g/mol. The fraction of sp³-hybridized carbons (Fsp3) is 0.278. The van der Waals surface area contributed by atoms with Gasteiger partial charge in [-0.1, -0.05) is 36.4 Å². The van der Waals surface area contributed by atoms with Crippen LogP contribution in [0.1, 0.15) is 39.6 Å². The fourth-order valence-corrected chi connectivity index (χ4v) is 3.01. The van der Waals surface area contributed by atoms with E-state index in [4.69, 9.17) is 16.2 Å². The van der Waals surface area contributed by atoms with Gasteiger partial charge >= 0.3 is 0 Å². The van der Waals surface area contributed by atoms with E-state index < -0.39 is 12.0 Å². The van der Waals surface area contributed by atoms with Crippen LogP contribution in [-0.4, -0.2) is 17.1 Å². The second kappa shape index (κ2) is 7.66. The van der Waals surface area contributed by atoms with Crippen LogP contribution < -0.4 is 16.2 Å². The van der Waals surface area contributed by atoms with Gasteiger partial charge in [0.15, 0.2) is 0 Å². The van der Waals surface area contributed by atoms with E-state index in [1.54, 1.807) is 12.1 Å². The topological polar surface area (TPSA) is 98.6 Å². The van der Waals surface area contributed by atoms with Crippen LogP contribution in [0.15, 0.2) is 42.5 Å². The first-order chi connectivity index (χ1) is 11.1. The summed E-state index contributed by atoms with van der Waals surface area (Å²) in [5.41, 5.74) is 14.2. The maximum atomic E-state index is 11.9. The summed E-state index contributed by atoms with van der Waals surface area (Å²) < 4.78 is 5.80. The molecule has 24 heavy (non-hydrogen) atoms. The molecule has 1 amide bonds. The third-order valence-corrected chi connectivity index (χ3v) is 4.25. The Morgan fingerprint density at radius 1 is 1.21 bits per heavy atom. The molecular formula is C18H21ClN2O3. The number of amides is 1. The Hall–Kier alpha value is -2.08. The fourth-order valence-electron chi connectivity index (χ4n) is 3.01. The van der Waals surface area contributed by atoms with E-state index in [2.05, 4.69) is 0 Å². The Bertz CT molecular complexity index is 722. The zero-order chi connectivity index (χ0) is 16.4. The molecule has 2 atom stereocenters. The molecule has 0 aromatic heterocycles. The van der Waals surface area contributed by atoms with Crippen LogP contribution >= 0.6 is 12.4 Å². The van der Waals surface area contributed by atoms with Gasteiger partial charge in [-0.15, -0.1) is 12.4 Å². The highest BCUT2D eigenvalue weighted by Gasteiger charge is 2.29. The molecule has 6 heteroatoms. The number of rotatable bonds is 4. The van der Waals surface area contributed by atoms with Crippen molar-refractivity contribution < 1.29 is 14.6 Å². The van der Waals surface area contributed by atoms with Gasteiger partial charge in [0.05, 0.1) is 11.7 Å². The molecule has 1 aliphatic rings. The molecule has 0 bridgehead atoms. The van der Waals surface area contributed by atoms with E-state index in [0.717, 1.165) is 11.1 Å². The summed E-state index contributed by atoms with van der Waals surface area (Å²) in [7, 11) is 0. The summed E-state index contributed by atoms with van der Waals surface area (Å²) >= 11 is 0. The molecule has 2 aromatic rings. The molecule has 0 unspecified atom stereocenters. The summed E-state index contributed by atoms with van der Waals surface area (Å²) in [6.07, 6.45) is 0.435. The lowest BCUT2D eigenvalue weighted by Crippen LogP contribution is -2.34. The van der Waals surface area contributed by atoms with Crippen LogP contribution in [0.3, 0.4) is 0 Å². The van der Waals surface area contributed by atoms with Gasteiger partial charge in [-0.05, 0) is 35.6 Å². The molecular weight excluding hydrogens is 328 g/mol. The summed E-state index contributed by atoms with van der Waals surface area (Å²) in [4.78, 5) is 11.9. The molecule has 0 aliphatic heterocycles. The molecule has 0 spiro atoms. The summed E-state index contributed by atoms with van der Waals surface area (Å²) in [6.45, 7) is 0.349. The molecule has 1 aliphatic carbocycles. The molecule has 128 valence electrons. The van der Waals surface area contributed by atoms with E-state index in [0.29, 0.717) is 36.3 Å². The third-order valence-electron chi connectivity index (χ3n) is 4.25. The lowest BCUT2D eigenvalue weighted by Gasteiger charge is -2.29. The quantitative estimate of drug-likeness (QED) is 0.787. The number of ether oxygens (including phenoxy) is 1. The summed E-state index contributed by atoms with van der Waals surface area (Å²) in [5.74, 6) is -0.102.